The van der Waals surface area contributed by atoms with Gasteiger partial charge < -0.3 is 15.0 Å². The van der Waals surface area contributed by atoms with Crippen LogP contribution in [0.5, 0.6) is 5.75 Å². The van der Waals surface area contributed by atoms with Crippen LogP contribution in [0, 0.1) is 11.3 Å². The normalized spacial score (nSPS) is 14.6. The van der Waals surface area contributed by atoms with Crippen LogP contribution in [0.25, 0.3) is 0 Å². The van der Waals surface area contributed by atoms with Gasteiger partial charge in [0.25, 0.3) is 5.91 Å². The fraction of sp³-hybridized carbons (Fsp3) is 0.412. The summed E-state index contributed by atoms with van der Waals surface area (Å²) in [6.07, 6.45) is 1.14. The molecule has 1 heterocycles. The first-order valence-corrected chi connectivity index (χ1v) is 7.73. The molecule has 1 aromatic rings. The van der Waals surface area contributed by atoms with Crippen molar-refractivity contribution in [2.45, 2.75) is 32.2 Å². The van der Waals surface area contributed by atoms with Crippen molar-refractivity contribution in [1.29, 1.82) is 5.26 Å². The molecule has 126 valence electrons. The van der Waals surface area contributed by atoms with Gasteiger partial charge >= 0.3 is 5.97 Å². The number of rotatable bonds is 4. The van der Waals surface area contributed by atoms with Crippen LogP contribution < -0.4 is 10.1 Å². The van der Waals surface area contributed by atoms with Crippen molar-refractivity contribution >= 4 is 17.8 Å². The molecule has 1 N–H and O–H groups in total. The van der Waals surface area contributed by atoms with E-state index in [4.69, 9.17) is 10.00 Å². The molecule has 0 aromatic heterocycles. The van der Waals surface area contributed by atoms with Crippen molar-refractivity contribution in [3.63, 3.8) is 0 Å². The monoisotopic (exact) mass is 329 g/mol. The number of amides is 2. The van der Waals surface area contributed by atoms with Crippen molar-refractivity contribution in [1.82, 2.24) is 10.2 Å². The van der Waals surface area contributed by atoms with Crippen molar-refractivity contribution in [3.8, 4) is 11.8 Å². The molecule has 0 aliphatic carbocycles. The first kappa shape index (κ1) is 17.5. The van der Waals surface area contributed by atoms with Gasteiger partial charge in [0.1, 0.15) is 12.2 Å². The highest BCUT2D eigenvalue weighted by Crippen LogP contribution is 2.18. The molecule has 1 saturated heterocycles. The van der Waals surface area contributed by atoms with E-state index in [9.17, 15) is 14.4 Å². The predicted octanol–water partition coefficient (Wildman–Crippen LogP) is 1.25. The van der Waals surface area contributed by atoms with Gasteiger partial charge in [0.05, 0.1) is 6.07 Å². The lowest BCUT2D eigenvalue weighted by Gasteiger charge is -2.32. The standard InChI is InChI=1S/C17H19N3O4/c1-12(21)24-15-4-2-3-13(11-15)17(23)20-9-6-14(7-10-20)19-16(22)5-8-18/h2-4,11,14H,5-7,9-10H2,1H3,(H,19,22). The Hall–Kier alpha value is -2.88. The van der Waals surface area contributed by atoms with Gasteiger partial charge in [-0.25, -0.2) is 0 Å². The van der Waals surface area contributed by atoms with Crippen LogP contribution in [0.2, 0.25) is 0 Å². The van der Waals surface area contributed by atoms with Crippen LogP contribution in [0.3, 0.4) is 0 Å². The van der Waals surface area contributed by atoms with Crippen LogP contribution in [-0.4, -0.2) is 41.8 Å². The highest BCUT2D eigenvalue weighted by Gasteiger charge is 2.24. The van der Waals surface area contributed by atoms with E-state index in [1.54, 1.807) is 29.2 Å². The minimum atomic E-state index is -0.437. The molecule has 0 bridgehead atoms. The summed E-state index contributed by atoms with van der Waals surface area (Å²) in [6.45, 7) is 2.35. The van der Waals surface area contributed by atoms with E-state index in [-0.39, 0.29) is 24.3 Å². The number of carbonyl (C=O) groups is 3. The molecule has 0 spiro atoms. The maximum atomic E-state index is 12.5. The van der Waals surface area contributed by atoms with E-state index in [1.165, 1.54) is 6.92 Å². The van der Waals surface area contributed by atoms with E-state index in [2.05, 4.69) is 5.32 Å². The van der Waals surface area contributed by atoms with Crippen LogP contribution in [0.15, 0.2) is 24.3 Å². The molecule has 7 heteroatoms. The number of ether oxygens (including phenoxy) is 1. The highest BCUT2D eigenvalue weighted by molar-refractivity contribution is 5.94. The second-order valence-electron chi connectivity index (χ2n) is 5.59. The molecule has 2 rings (SSSR count). The summed E-state index contributed by atoms with van der Waals surface area (Å²) in [5, 5.41) is 11.3. The first-order chi connectivity index (χ1) is 11.5. The molecular weight excluding hydrogens is 310 g/mol. The topological polar surface area (TPSA) is 99.5 Å². The Kier molecular flexibility index (Phi) is 5.90. The quantitative estimate of drug-likeness (QED) is 0.662. The SMILES string of the molecule is CC(=O)Oc1cccc(C(=O)N2CCC(NC(=O)CC#N)CC2)c1. The molecule has 24 heavy (non-hydrogen) atoms. The number of piperidine rings is 1. The van der Waals surface area contributed by atoms with E-state index in [1.807, 2.05) is 6.07 Å². The Bertz CT molecular complexity index is 673. The Labute approximate surface area is 140 Å². The van der Waals surface area contributed by atoms with Gasteiger partial charge in [-0.2, -0.15) is 5.26 Å². The highest BCUT2D eigenvalue weighted by atomic mass is 16.5. The number of nitrogens with one attached hydrogen (secondary N) is 1. The third kappa shape index (κ3) is 4.81. The Morgan fingerprint density at radius 1 is 1.33 bits per heavy atom. The van der Waals surface area contributed by atoms with Gasteiger partial charge in [-0.15, -0.1) is 0 Å². The Morgan fingerprint density at radius 3 is 2.67 bits per heavy atom. The number of carbonyl (C=O) groups excluding carboxylic acids is 3. The molecule has 0 saturated carbocycles. The van der Waals surface area contributed by atoms with Gasteiger partial charge in [-0.3, -0.25) is 14.4 Å². The third-order valence-corrected chi connectivity index (χ3v) is 3.73. The lowest BCUT2D eigenvalue weighted by Crippen LogP contribution is -2.46. The van der Waals surface area contributed by atoms with Crippen LogP contribution in [-0.2, 0) is 9.59 Å². The number of esters is 1. The van der Waals surface area contributed by atoms with Crippen molar-refractivity contribution in [2.75, 3.05) is 13.1 Å². The van der Waals surface area contributed by atoms with Crippen LogP contribution >= 0.6 is 0 Å². The van der Waals surface area contributed by atoms with Crippen molar-refractivity contribution < 1.29 is 19.1 Å². The molecule has 7 nitrogen and oxygen atoms in total. The Balaban J connectivity index is 1.92. The van der Waals surface area contributed by atoms with Gasteiger partial charge in [0.15, 0.2) is 0 Å². The fourth-order valence-electron chi connectivity index (χ4n) is 2.62. The van der Waals surface area contributed by atoms with E-state index in [0.717, 1.165) is 0 Å². The zero-order valence-corrected chi connectivity index (χ0v) is 13.4. The van der Waals surface area contributed by atoms with Gasteiger partial charge in [0.2, 0.25) is 5.91 Å². The summed E-state index contributed by atoms with van der Waals surface area (Å²) in [4.78, 5) is 36.6. The third-order valence-electron chi connectivity index (χ3n) is 3.73. The molecule has 1 aliphatic heterocycles. The minimum Gasteiger partial charge on any atom is -0.427 e. The Morgan fingerprint density at radius 2 is 2.04 bits per heavy atom. The lowest BCUT2D eigenvalue weighted by atomic mass is 10.0. The zero-order chi connectivity index (χ0) is 17.5. The lowest BCUT2D eigenvalue weighted by molar-refractivity contribution is -0.131. The van der Waals surface area contributed by atoms with E-state index < -0.39 is 5.97 Å². The second kappa shape index (κ2) is 8.11. The number of hydrogen-bond donors (Lipinski definition) is 1. The maximum Gasteiger partial charge on any atom is 0.308 e. The van der Waals surface area contributed by atoms with Crippen molar-refractivity contribution in [3.05, 3.63) is 29.8 Å². The summed E-state index contributed by atoms with van der Waals surface area (Å²) >= 11 is 0. The second-order valence-corrected chi connectivity index (χ2v) is 5.59. The van der Waals surface area contributed by atoms with Gasteiger partial charge in [0, 0.05) is 31.6 Å². The van der Waals surface area contributed by atoms with Crippen molar-refractivity contribution in [2.24, 2.45) is 0 Å². The summed E-state index contributed by atoms with van der Waals surface area (Å²) in [5.74, 6) is -0.511. The first-order valence-electron chi connectivity index (χ1n) is 7.73. The molecular formula is C17H19N3O4. The number of benzene rings is 1. The van der Waals surface area contributed by atoms with Crippen LogP contribution in [0.1, 0.15) is 36.5 Å². The minimum absolute atomic E-state index is 0.0118. The van der Waals surface area contributed by atoms with E-state index in [0.29, 0.717) is 37.2 Å². The average Bonchev–Trinajstić information content (AvgIpc) is 2.55. The number of nitrogens with zero attached hydrogens (tertiary/aromatic N) is 2. The number of likely N-dealkylation sites (tertiary alicyclic amines) is 1. The molecule has 0 radical (unpaired) electrons. The number of nitriles is 1. The van der Waals surface area contributed by atoms with Crippen LogP contribution in [0.4, 0.5) is 0 Å². The largest absolute Gasteiger partial charge is 0.427 e. The molecule has 0 atom stereocenters. The smallest absolute Gasteiger partial charge is 0.308 e. The van der Waals surface area contributed by atoms with Gasteiger partial charge in [-0.05, 0) is 31.0 Å². The summed E-state index contributed by atoms with van der Waals surface area (Å²) in [5.41, 5.74) is 0.459. The average molecular weight is 329 g/mol. The van der Waals surface area contributed by atoms with E-state index >= 15 is 0 Å². The molecule has 1 aromatic carbocycles. The molecule has 1 aliphatic rings. The predicted molar refractivity (Wildman–Crippen MR) is 85.0 cm³/mol. The van der Waals surface area contributed by atoms with Gasteiger partial charge in [-0.1, -0.05) is 6.07 Å². The maximum absolute atomic E-state index is 12.5. The number of hydrogen-bond acceptors (Lipinski definition) is 5. The summed E-state index contributed by atoms with van der Waals surface area (Å²) in [6, 6.07) is 8.31. The molecule has 0 unspecified atom stereocenters. The summed E-state index contributed by atoms with van der Waals surface area (Å²) in [7, 11) is 0. The molecule has 1 fully saturated rings. The zero-order valence-electron chi connectivity index (χ0n) is 13.4. The summed E-state index contributed by atoms with van der Waals surface area (Å²) < 4.78 is 4.99. The molecule has 2 amide bonds. The fourth-order valence-corrected chi connectivity index (χ4v) is 2.62.